The Kier molecular flexibility index (Phi) is 3.78. The standard InChI is InChI=1S/C16H22N4O2/c1-11-6-7-12(2)20(11)15-14(9-17-18(15)3)16(22)19-8-4-5-13(21)10-19/h6-7,9,13,21H,4-5,8,10H2,1-3H3. The molecule has 1 atom stereocenters. The van der Waals surface area contributed by atoms with Gasteiger partial charge < -0.3 is 14.6 Å². The van der Waals surface area contributed by atoms with Crippen molar-refractivity contribution in [1.29, 1.82) is 0 Å². The van der Waals surface area contributed by atoms with Crippen LogP contribution in [0.15, 0.2) is 18.3 Å². The summed E-state index contributed by atoms with van der Waals surface area (Å²) in [5, 5.41) is 14.1. The number of carbonyl (C=O) groups excluding carboxylic acids is 1. The Morgan fingerprint density at radius 3 is 2.64 bits per heavy atom. The third kappa shape index (κ3) is 2.43. The smallest absolute Gasteiger partial charge is 0.259 e. The summed E-state index contributed by atoms with van der Waals surface area (Å²) in [5.74, 6) is 0.722. The number of hydrogen-bond donors (Lipinski definition) is 1. The molecule has 6 nitrogen and oxygen atoms in total. The minimum Gasteiger partial charge on any atom is -0.391 e. The minimum atomic E-state index is -0.423. The van der Waals surface area contributed by atoms with Gasteiger partial charge in [0.25, 0.3) is 5.91 Å². The van der Waals surface area contributed by atoms with E-state index in [-0.39, 0.29) is 5.91 Å². The Morgan fingerprint density at radius 1 is 1.32 bits per heavy atom. The number of amides is 1. The Bertz CT molecular complexity index is 682. The highest BCUT2D eigenvalue weighted by atomic mass is 16.3. The summed E-state index contributed by atoms with van der Waals surface area (Å²) in [6, 6.07) is 4.06. The molecule has 118 valence electrons. The molecule has 6 heteroatoms. The van der Waals surface area contributed by atoms with E-state index >= 15 is 0 Å². The largest absolute Gasteiger partial charge is 0.391 e. The van der Waals surface area contributed by atoms with E-state index in [4.69, 9.17) is 0 Å². The van der Waals surface area contributed by atoms with Gasteiger partial charge in [-0.15, -0.1) is 0 Å². The first kappa shape index (κ1) is 14.8. The average molecular weight is 302 g/mol. The summed E-state index contributed by atoms with van der Waals surface area (Å²) < 4.78 is 3.77. The predicted octanol–water partition coefficient (Wildman–Crippen LogP) is 1.42. The number of aryl methyl sites for hydroxylation is 3. The van der Waals surface area contributed by atoms with Crippen LogP contribution in [0.1, 0.15) is 34.6 Å². The highest BCUT2D eigenvalue weighted by Gasteiger charge is 2.27. The molecule has 1 fully saturated rings. The van der Waals surface area contributed by atoms with Gasteiger partial charge in [0.05, 0.1) is 12.3 Å². The lowest BCUT2D eigenvalue weighted by Gasteiger charge is -2.30. The number of rotatable bonds is 2. The summed E-state index contributed by atoms with van der Waals surface area (Å²) in [6.07, 6.45) is 2.80. The van der Waals surface area contributed by atoms with Crippen molar-refractivity contribution in [2.45, 2.75) is 32.8 Å². The van der Waals surface area contributed by atoms with Gasteiger partial charge in [0.15, 0.2) is 0 Å². The first-order chi connectivity index (χ1) is 10.5. The van der Waals surface area contributed by atoms with Crippen molar-refractivity contribution in [3.05, 3.63) is 35.3 Å². The molecular weight excluding hydrogens is 280 g/mol. The predicted molar refractivity (Wildman–Crippen MR) is 83.2 cm³/mol. The molecule has 0 radical (unpaired) electrons. The van der Waals surface area contributed by atoms with Crippen LogP contribution in [0, 0.1) is 13.8 Å². The number of carbonyl (C=O) groups is 1. The molecule has 2 aromatic heterocycles. The molecule has 1 unspecified atom stereocenters. The zero-order valence-corrected chi connectivity index (χ0v) is 13.3. The Hall–Kier alpha value is -2.08. The molecule has 0 bridgehead atoms. The van der Waals surface area contributed by atoms with Crippen LogP contribution in [-0.4, -0.2) is 49.5 Å². The molecule has 1 amide bonds. The van der Waals surface area contributed by atoms with Crippen molar-refractivity contribution in [3.63, 3.8) is 0 Å². The van der Waals surface area contributed by atoms with Gasteiger partial charge in [-0.25, -0.2) is 0 Å². The van der Waals surface area contributed by atoms with E-state index < -0.39 is 6.10 Å². The molecule has 0 aliphatic carbocycles. The lowest BCUT2D eigenvalue weighted by atomic mass is 10.1. The zero-order chi connectivity index (χ0) is 15.9. The summed E-state index contributed by atoms with van der Waals surface area (Å²) in [6.45, 7) is 5.11. The molecule has 2 aromatic rings. The third-order valence-electron chi connectivity index (χ3n) is 4.30. The first-order valence-electron chi connectivity index (χ1n) is 7.63. The number of aliphatic hydroxyl groups is 1. The third-order valence-corrected chi connectivity index (χ3v) is 4.30. The van der Waals surface area contributed by atoms with Gasteiger partial charge in [-0.05, 0) is 38.8 Å². The number of aromatic nitrogens is 3. The molecular formula is C16H22N4O2. The van der Waals surface area contributed by atoms with Gasteiger partial charge >= 0.3 is 0 Å². The van der Waals surface area contributed by atoms with E-state index in [0.29, 0.717) is 18.7 Å². The Labute approximate surface area is 130 Å². The summed E-state index contributed by atoms with van der Waals surface area (Å²) in [5.41, 5.74) is 2.71. The molecule has 0 spiro atoms. The van der Waals surface area contributed by atoms with E-state index in [9.17, 15) is 9.90 Å². The number of β-amino-alcohol motifs (C(OH)–C–C–N with tert-alkyl or cyclic N) is 1. The fourth-order valence-corrected chi connectivity index (χ4v) is 3.16. The van der Waals surface area contributed by atoms with Gasteiger partial charge in [-0.2, -0.15) is 5.10 Å². The fraction of sp³-hybridized carbons (Fsp3) is 0.500. The van der Waals surface area contributed by atoms with E-state index in [1.807, 2.05) is 37.6 Å². The van der Waals surface area contributed by atoms with Crippen molar-refractivity contribution in [3.8, 4) is 5.82 Å². The van der Waals surface area contributed by atoms with Crippen LogP contribution in [0.2, 0.25) is 0 Å². The van der Waals surface area contributed by atoms with Gasteiger partial charge in [0.2, 0.25) is 0 Å². The van der Waals surface area contributed by atoms with Crippen molar-refractivity contribution in [2.75, 3.05) is 13.1 Å². The Balaban J connectivity index is 2.01. The van der Waals surface area contributed by atoms with Crippen LogP contribution in [0.25, 0.3) is 5.82 Å². The van der Waals surface area contributed by atoms with Crippen LogP contribution >= 0.6 is 0 Å². The molecule has 0 aromatic carbocycles. The molecule has 3 rings (SSSR count). The second-order valence-corrected chi connectivity index (χ2v) is 6.00. The highest BCUT2D eigenvalue weighted by molar-refractivity contribution is 5.97. The van der Waals surface area contributed by atoms with Crippen molar-refractivity contribution in [1.82, 2.24) is 19.2 Å². The van der Waals surface area contributed by atoms with Crippen LogP contribution in [0.3, 0.4) is 0 Å². The van der Waals surface area contributed by atoms with Crippen molar-refractivity contribution < 1.29 is 9.90 Å². The normalized spacial score (nSPS) is 18.7. The summed E-state index contributed by atoms with van der Waals surface area (Å²) in [7, 11) is 1.84. The lowest BCUT2D eigenvalue weighted by molar-refractivity contribution is 0.0473. The average Bonchev–Trinajstić information content (AvgIpc) is 3.01. The quantitative estimate of drug-likeness (QED) is 0.912. The molecule has 0 saturated carbocycles. The van der Waals surface area contributed by atoms with Crippen molar-refractivity contribution >= 4 is 5.91 Å². The molecule has 1 saturated heterocycles. The number of piperidine rings is 1. The first-order valence-corrected chi connectivity index (χ1v) is 7.63. The van der Waals surface area contributed by atoms with Crippen LogP contribution < -0.4 is 0 Å². The second-order valence-electron chi connectivity index (χ2n) is 6.00. The fourth-order valence-electron chi connectivity index (χ4n) is 3.16. The second kappa shape index (κ2) is 5.61. The number of nitrogens with zero attached hydrogens (tertiary/aromatic N) is 4. The minimum absolute atomic E-state index is 0.0608. The summed E-state index contributed by atoms with van der Waals surface area (Å²) in [4.78, 5) is 14.6. The molecule has 1 aliphatic heterocycles. The van der Waals surface area contributed by atoms with E-state index in [1.165, 1.54) is 0 Å². The lowest BCUT2D eigenvalue weighted by Crippen LogP contribution is -2.42. The molecule has 22 heavy (non-hydrogen) atoms. The number of likely N-dealkylation sites (tertiary alicyclic amines) is 1. The topological polar surface area (TPSA) is 63.3 Å². The maximum absolute atomic E-state index is 12.8. The maximum atomic E-state index is 12.8. The number of hydrogen-bond acceptors (Lipinski definition) is 3. The zero-order valence-electron chi connectivity index (χ0n) is 13.3. The molecule has 1 aliphatic rings. The van der Waals surface area contributed by atoms with Gasteiger partial charge in [-0.3, -0.25) is 9.48 Å². The van der Waals surface area contributed by atoms with Gasteiger partial charge in [0, 0.05) is 31.5 Å². The van der Waals surface area contributed by atoms with Gasteiger partial charge in [-0.1, -0.05) is 0 Å². The van der Waals surface area contributed by atoms with E-state index in [1.54, 1.807) is 15.8 Å². The van der Waals surface area contributed by atoms with Crippen LogP contribution in [-0.2, 0) is 7.05 Å². The number of aliphatic hydroxyl groups excluding tert-OH is 1. The maximum Gasteiger partial charge on any atom is 0.259 e. The molecule has 3 heterocycles. The van der Waals surface area contributed by atoms with E-state index in [2.05, 4.69) is 5.10 Å². The Morgan fingerprint density at radius 2 is 2.00 bits per heavy atom. The van der Waals surface area contributed by atoms with Crippen LogP contribution in [0.5, 0.6) is 0 Å². The van der Waals surface area contributed by atoms with Crippen molar-refractivity contribution in [2.24, 2.45) is 7.05 Å². The summed E-state index contributed by atoms with van der Waals surface area (Å²) >= 11 is 0. The molecule has 1 N–H and O–H groups in total. The van der Waals surface area contributed by atoms with Gasteiger partial charge in [0.1, 0.15) is 11.4 Å². The SMILES string of the molecule is Cc1ccc(C)n1-c1c(C(=O)N2CCCC(O)C2)cnn1C. The highest BCUT2D eigenvalue weighted by Crippen LogP contribution is 2.22. The van der Waals surface area contributed by atoms with E-state index in [0.717, 1.165) is 30.0 Å². The van der Waals surface area contributed by atoms with Crippen LogP contribution in [0.4, 0.5) is 0 Å². The monoisotopic (exact) mass is 302 g/mol.